The Bertz CT molecular complexity index is 2110. The number of nitrogens with zero attached hydrogens (tertiary/aromatic N) is 5. The monoisotopic (exact) mass is 651 g/mol. The Kier molecular flexibility index (Phi) is 8.87. The van der Waals surface area contributed by atoms with Crippen molar-refractivity contribution < 1.29 is 21.4 Å². The van der Waals surface area contributed by atoms with E-state index in [0.29, 0.717) is 39.9 Å². The highest BCUT2D eigenvalue weighted by atomic mass is 35.5. The van der Waals surface area contributed by atoms with Crippen molar-refractivity contribution in [3.05, 3.63) is 89.7 Å². The van der Waals surface area contributed by atoms with E-state index < -0.39 is 20.0 Å². The van der Waals surface area contributed by atoms with Gasteiger partial charge in [0.1, 0.15) is 4.90 Å². The number of fused-ring (bicyclic) bond motifs is 1. The molecule has 15 heteroatoms. The van der Waals surface area contributed by atoms with Crippen LogP contribution in [0.3, 0.4) is 0 Å². The summed E-state index contributed by atoms with van der Waals surface area (Å²) in [7, 11) is -7.73. The number of anilines is 4. The summed E-state index contributed by atoms with van der Waals surface area (Å²) in [5, 5.41) is 15.6. The molecule has 0 unspecified atom stereocenters. The fourth-order valence-corrected chi connectivity index (χ4v) is 6.52. The molecular formula is C29H26ClN7O5S2. The molecule has 0 aliphatic rings. The highest BCUT2D eigenvalue weighted by molar-refractivity contribution is 7.91. The highest BCUT2D eigenvalue weighted by Crippen LogP contribution is 2.30. The topological polar surface area (TPSA) is 176 Å². The van der Waals surface area contributed by atoms with Gasteiger partial charge >= 0.3 is 0 Å². The Labute approximate surface area is 259 Å². The van der Waals surface area contributed by atoms with Crippen molar-refractivity contribution in [2.45, 2.75) is 30.1 Å². The van der Waals surface area contributed by atoms with Crippen LogP contribution in [-0.4, -0.2) is 42.1 Å². The number of hydrogen-bond donors (Lipinski definition) is 3. The third-order valence-electron chi connectivity index (χ3n) is 6.38. The Balaban J connectivity index is 1.31. The average molecular weight is 652 g/mol. The maximum absolute atomic E-state index is 12.3. The lowest BCUT2D eigenvalue weighted by molar-refractivity contribution is 0.484. The summed E-state index contributed by atoms with van der Waals surface area (Å²) in [6.45, 7) is 3.65. The van der Waals surface area contributed by atoms with E-state index in [-0.39, 0.29) is 32.7 Å². The smallest absolute Gasteiger partial charge is 0.295 e. The van der Waals surface area contributed by atoms with Gasteiger partial charge in [-0.3, -0.25) is 4.55 Å². The number of aryl methyl sites for hydroxylation is 1. The molecule has 0 fully saturated rings. The average Bonchev–Trinajstić information content (AvgIpc) is 2.96. The maximum atomic E-state index is 12.3. The zero-order valence-corrected chi connectivity index (χ0v) is 25.8. The van der Waals surface area contributed by atoms with E-state index in [9.17, 15) is 21.4 Å². The molecule has 4 aromatic carbocycles. The molecule has 0 aliphatic heterocycles. The van der Waals surface area contributed by atoms with Crippen molar-refractivity contribution in [1.29, 1.82) is 0 Å². The molecule has 5 aromatic rings. The summed E-state index contributed by atoms with van der Waals surface area (Å²) in [5.74, 6) is 0.409. The molecule has 3 N–H and O–H groups in total. The van der Waals surface area contributed by atoms with E-state index in [1.54, 1.807) is 54.6 Å². The lowest BCUT2D eigenvalue weighted by Gasteiger charge is -2.10. The zero-order valence-electron chi connectivity index (χ0n) is 23.4. The van der Waals surface area contributed by atoms with E-state index in [0.717, 1.165) is 5.56 Å². The van der Waals surface area contributed by atoms with Crippen LogP contribution in [0.15, 0.2) is 98.9 Å². The molecule has 0 bridgehead atoms. The largest absolute Gasteiger partial charge is 0.324 e. The minimum Gasteiger partial charge on any atom is -0.324 e. The van der Waals surface area contributed by atoms with E-state index in [4.69, 9.17) is 11.6 Å². The van der Waals surface area contributed by atoms with Crippen LogP contribution in [0.5, 0.6) is 0 Å². The Morgan fingerprint density at radius 3 is 2.16 bits per heavy atom. The SMILES string of the molecule is CCCS(=O)(=O)c1ccc(Nc2nc(Cl)nc(Nc3ccc(N=Nc4ccc5cccc(S(=O)(=O)O)c5c4)c(C)c3)n2)cc1. The molecule has 0 saturated carbocycles. The number of azo groups is 1. The van der Waals surface area contributed by atoms with Crippen LogP contribution >= 0.6 is 11.6 Å². The molecule has 0 spiro atoms. The van der Waals surface area contributed by atoms with Crippen LogP contribution in [0.4, 0.5) is 34.6 Å². The van der Waals surface area contributed by atoms with Gasteiger partial charge in [-0.1, -0.05) is 25.1 Å². The maximum Gasteiger partial charge on any atom is 0.295 e. The first-order valence-electron chi connectivity index (χ1n) is 13.2. The molecule has 0 amide bonds. The number of sulfone groups is 1. The van der Waals surface area contributed by atoms with Gasteiger partial charge < -0.3 is 10.6 Å². The second-order valence-corrected chi connectivity index (χ2v) is 13.5. The first-order chi connectivity index (χ1) is 20.9. The molecule has 44 heavy (non-hydrogen) atoms. The fraction of sp³-hybridized carbons (Fsp3) is 0.138. The van der Waals surface area contributed by atoms with Crippen LogP contribution < -0.4 is 10.6 Å². The van der Waals surface area contributed by atoms with E-state index in [2.05, 4.69) is 35.8 Å². The molecular weight excluding hydrogens is 626 g/mol. The van der Waals surface area contributed by atoms with Crippen molar-refractivity contribution in [2.75, 3.05) is 16.4 Å². The molecule has 0 radical (unpaired) electrons. The van der Waals surface area contributed by atoms with Gasteiger partial charge in [0.25, 0.3) is 10.1 Å². The lowest BCUT2D eigenvalue weighted by atomic mass is 10.1. The summed E-state index contributed by atoms with van der Waals surface area (Å²) in [5.41, 5.74) is 2.96. The standard InChI is InChI=1S/C29H26ClN7O5S2/c1-3-15-43(38,39)23-12-9-20(10-13-23)31-28-33-27(30)34-29(35-28)32-21-11-14-25(18(2)16-21)37-36-22-8-7-19-5-4-6-26(24(19)17-22)44(40,41)42/h4-14,16-17H,3,15H2,1-2H3,(H,40,41,42)(H2,31,32,33,34,35). The summed E-state index contributed by atoms with van der Waals surface area (Å²) in [6, 6.07) is 21.1. The summed E-state index contributed by atoms with van der Waals surface area (Å²) in [6.07, 6.45) is 0.530. The number of nitrogens with one attached hydrogen (secondary N) is 2. The van der Waals surface area contributed by atoms with E-state index >= 15 is 0 Å². The number of benzene rings is 4. The Morgan fingerprint density at radius 1 is 0.818 bits per heavy atom. The number of hydrogen-bond acceptors (Lipinski definition) is 11. The van der Waals surface area contributed by atoms with Gasteiger partial charge in [-0.05, 0) is 96.6 Å². The van der Waals surface area contributed by atoms with Crippen molar-refractivity contribution in [1.82, 2.24) is 15.0 Å². The van der Waals surface area contributed by atoms with Crippen molar-refractivity contribution in [3.63, 3.8) is 0 Å². The Morgan fingerprint density at radius 2 is 1.50 bits per heavy atom. The lowest BCUT2D eigenvalue weighted by Crippen LogP contribution is -2.06. The Hall–Kier alpha value is -4.50. The third kappa shape index (κ3) is 7.34. The van der Waals surface area contributed by atoms with Crippen molar-refractivity contribution >= 4 is 77.0 Å². The summed E-state index contributed by atoms with van der Waals surface area (Å²) < 4.78 is 57.7. The van der Waals surface area contributed by atoms with Gasteiger partial charge in [0.2, 0.25) is 17.2 Å². The quantitative estimate of drug-likeness (QED) is 0.102. The summed E-state index contributed by atoms with van der Waals surface area (Å²) >= 11 is 6.13. The van der Waals surface area contributed by atoms with Crippen LogP contribution in [0.2, 0.25) is 5.28 Å². The first-order valence-corrected chi connectivity index (χ1v) is 16.7. The van der Waals surface area contributed by atoms with Crippen LogP contribution in [0.1, 0.15) is 18.9 Å². The molecule has 0 aliphatic carbocycles. The fourth-order valence-electron chi connectivity index (χ4n) is 4.33. The second-order valence-electron chi connectivity index (χ2n) is 9.68. The van der Waals surface area contributed by atoms with E-state index in [1.807, 2.05) is 19.9 Å². The third-order valence-corrected chi connectivity index (χ3v) is 9.40. The molecule has 0 saturated heterocycles. The highest BCUT2D eigenvalue weighted by Gasteiger charge is 2.15. The predicted octanol–water partition coefficient (Wildman–Crippen LogP) is 7.32. The van der Waals surface area contributed by atoms with Gasteiger partial charge in [-0.25, -0.2) is 8.42 Å². The second kappa shape index (κ2) is 12.6. The number of rotatable bonds is 10. The molecule has 12 nitrogen and oxygen atoms in total. The minimum atomic E-state index is -4.41. The number of halogens is 1. The molecule has 1 heterocycles. The first kappa shape index (κ1) is 30.9. The van der Waals surface area contributed by atoms with Crippen LogP contribution in [0, 0.1) is 6.92 Å². The van der Waals surface area contributed by atoms with Gasteiger partial charge in [0, 0.05) is 16.8 Å². The molecule has 1 aromatic heterocycles. The molecule has 5 rings (SSSR count). The summed E-state index contributed by atoms with van der Waals surface area (Å²) in [4.78, 5) is 12.6. The van der Waals surface area contributed by atoms with Crippen LogP contribution in [-0.2, 0) is 20.0 Å². The molecule has 226 valence electrons. The van der Waals surface area contributed by atoms with E-state index in [1.165, 1.54) is 18.2 Å². The predicted molar refractivity (Wildman–Crippen MR) is 169 cm³/mol. The van der Waals surface area contributed by atoms with Gasteiger partial charge in [0.05, 0.1) is 22.0 Å². The number of aromatic nitrogens is 3. The van der Waals surface area contributed by atoms with Gasteiger partial charge in [0.15, 0.2) is 9.84 Å². The normalized spacial score (nSPS) is 12.1. The minimum absolute atomic E-state index is 0.0539. The van der Waals surface area contributed by atoms with Crippen LogP contribution in [0.25, 0.3) is 10.8 Å². The van der Waals surface area contributed by atoms with Crippen molar-refractivity contribution in [3.8, 4) is 0 Å². The van der Waals surface area contributed by atoms with Gasteiger partial charge in [-0.2, -0.15) is 33.6 Å². The van der Waals surface area contributed by atoms with Crippen molar-refractivity contribution in [2.24, 2.45) is 10.2 Å². The molecule has 0 atom stereocenters. The van der Waals surface area contributed by atoms with Gasteiger partial charge in [-0.15, -0.1) is 0 Å². The zero-order chi connectivity index (χ0) is 31.5.